The second-order valence-electron chi connectivity index (χ2n) is 4.47. The van der Waals surface area contributed by atoms with Crippen LogP contribution in [0.4, 0.5) is 0 Å². The quantitative estimate of drug-likeness (QED) is 0.544. The van der Waals surface area contributed by atoms with E-state index in [0.29, 0.717) is 11.5 Å². The predicted molar refractivity (Wildman–Crippen MR) is 63.1 cm³/mol. The third-order valence-electron chi connectivity index (χ3n) is 2.53. The van der Waals surface area contributed by atoms with Crippen molar-refractivity contribution < 1.29 is 42.5 Å². The van der Waals surface area contributed by atoms with Crippen LogP contribution in [-0.2, 0) is 16.5 Å². The van der Waals surface area contributed by atoms with Crippen molar-refractivity contribution in [1.82, 2.24) is 0 Å². The Kier molecular flexibility index (Phi) is 6.95. The summed E-state index contributed by atoms with van der Waals surface area (Å²) in [7, 11) is -4.24. The van der Waals surface area contributed by atoms with Gasteiger partial charge in [0.05, 0.1) is 5.25 Å². The van der Waals surface area contributed by atoms with Crippen molar-refractivity contribution >= 4 is 10.1 Å². The first-order chi connectivity index (χ1) is 7.30. The minimum Gasteiger partial charge on any atom is -0.747 e. The Morgan fingerprint density at radius 1 is 1.12 bits per heavy atom. The molecule has 3 nitrogen and oxygen atoms in total. The van der Waals surface area contributed by atoms with Crippen LogP contribution in [0.1, 0.15) is 37.1 Å². The Balaban J connectivity index is 0.00000256. The molecule has 0 aliphatic heterocycles. The third-order valence-corrected chi connectivity index (χ3v) is 3.66. The van der Waals surface area contributed by atoms with Crippen LogP contribution in [0.3, 0.4) is 0 Å². The van der Waals surface area contributed by atoms with E-state index in [1.165, 1.54) is 6.92 Å². The van der Waals surface area contributed by atoms with Crippen LogP contribution in [0, 0.1) is 5.92 Å². The largest absolute Gasteiger partial charge is 1.00 e. The van der Waals surface area contributed by atoms with Crippen molar-refractivity contribution in [3.05, 3.63) is 35.4 Å². The predicted octanol–water partition coefficient (Wildman–Crippen LogP) is -0.505. The molecule has 1 rings (SSSR count). The summed E-state index contributed by atoms with van der Waals surface area (Å²) in [4.78, 5) is 0. The molecule has 0 spiro atoms. The van der Waals surface area contributed by atoms with Crippen LogP contribution < -0.4 is 29.6 Å². The Labute approximate surface area is 126 Å². The molecule has 0 heterocycles. The van der Waals surface area contributed by atoms with Gasteiger partial charge in [-0.25, -0.2) is 8.42 Å². The van der Waals surface area contributed by atoms with Gasteiger partial charge < -0.3 is 4.55 Å². The van der Waals surface area contributed by atoms with Crippen LogP contribution >= 0.6 is 0 Å². The number of benzene rings is 1. The van der Waals surface area contributed by atoms with Crippen molar-refractivity contribution in [3.8, 4) is 0 Å². The molecule has 1 aromatic carbocycles. The zero-order valence-electron chi connectivity index (χ0n) is 10.8. The maximum atomic E-state index is 10.8. The molecule has 1 aromatic rings. The molecule has 0 aromatic heterocycles. The van der Waals surface area contributed by atoms with Gasteiger partial charge in [0.1, 0.15) is 10.1 Å². The molecule has 90 valence electrons. The summed E-state index contributed by atoms with van der Waals surface area (Å²) >= 11 is 0. The summed E-state index contributed by atoms with van der Waals surface area (Å²) < 4.78 is 32.5. The van der Waals surface area contributed by atoms with Gasteiger partial charge in [-0.05, 0) is 30.4 Å². The van der Waals surface area contributed by atoms with Crippen LogP contribution in [-0.4, -0.2) is 13.0 Å². The van der Waals surface area contributed by atoms with E-state index in [1.54, 1.807) is 12.1 Å². The fraction of sp³-hybridized carbons (Fsp3) is 0.500. The van der Waals surface area contributed by atoms with Gasteiger partial charge in [0.25, 0.3) is 0 Å². The smallest absolute Gasteiger partial charge is 0.747 e. The zero-order chi connectivity index (χ0) is 12.3. The minimum absolute atomic E-state index is 0. The fourth-order valence-electron chi connectivity index (χ4n) is 1.56. The Bertz CT molecular complexity index is 437. The molecule has 0 aliphatic rings. The maximum Gasteiger partial charge on any atom is 1.00 e. The first-order valence-electron chi connectivity index (χ1n) is 5.34. The summed E-state index contributed by atoms with van der Waals surface area (Å²) in [5.74, 6) is 0.562. The molecule has 17 heavy (non-hydrogen) atoms. The summed E-state index contributed by atoms with van der Waals surface area (Å²) in [5.41, 5.74) is 1.72. The normalized spacial score (nSPS) is 13.2. The monoisotopic (exact) mass is 264 g/mol. The van der Waals surface area contributed by atoms with E-state index in [0.717, 1.165) is 12.0 Å². The summed E-state index contributed by atoms with van der Waals surface area (Å²) in [5, 5.41) is -0.972. The topological polar surface area (TPSA) is 57.2 Å². The minimum atomic E-state index is -4.24. The van der Waals surface area contributed by atoms with E-state index in [4.69, 9.17) is 0 Å². The molecule has 0 N–H and O–H groups in total. The molecule has 0 saturated heterocycles. The molecule has 0 unspecified atom stereocenters. The molecule has 0 saturated carbocycles. The summed E-state index contributed by atoms with van der Waals surface area (Å²) in [6.45, 7) is 5.66. The third kappa shape index (κ3) is 5.53. The standard InChI is InChI=1S/C12H18O3S.Na/c1-9(2)8-11-4-6-12(7-5-11)10(3)16(13,14)15;/h4-7,9-10H,8H2,1-3H3,(H,13,14,15);/q;+1/p-1/t10-;/m1./s1. The van der Waals surface area contributed by atoms with E-state index < -0.39 is 15.4 Å². The van der Waals surface area contributed by atoms with Crippen LogP contribution in [0.25, 0.3) is 0 Å². The van der Waals surface area contributed by atoms with Crippen molar-refractivity contribution in [2.45, 2.75) is 32.4 Å². The van der Waals surface area contributed by atoms with Gasteiger partial charge >= 0.3 is 29.6 Å². The molecular weight excluding hydrogens is 247 g/mol. The zero-order valence-corrected chi connectivity index (χ0v) is 13.6. The molecule has 0 fully saturated rings. The SMILES string of the molecule is CC(C)Cc1ccc([C@@H](C)S(=O)(=O)[O-])cc1.[Na+]. The van der Waals surface area contributed by atoms with E-state index in [2.05, 4.69) is 13.8 Å². The molecule has 0 amide bonds. The average Bonchev–Trinajstić information content (AvgIpc) is 2.15. The Morgan fingerprint density at radius 2 is 1.59 bits per heavy atom. The van der Waals surface area contributed by atoms with E-state index in [-0.39, 0.29) is 29.6 Å². The van der Waals surface area contributed by atoms with E-state index in [1.807, 2.05) is 12.1 Å². The van der Waals surface area contributed by atoms with E-state index in [9.17, 15) is 13.0 Å². The molecule has 1 atom stereocenters. The first kappa shape index (κ1) is 17.1. The Hall–Kier alpha value is 0.130. The number of rotatable bonds is 4. The van der Waals surface area contributed by atoms with Gasteiger partial charge in [-0.2, -0.15) is 0 Å². The van der Waals surface area contributed by atoms with E-state index >= 15 is 0 Å². The van der Waals surface area contributed by atoms with Crippen LogP contribution in [0.2, 0.25) is 0 Å². The molecule has 5 heteroatoms. The first-order valence-corrected chi connectivity index (χ1v) is 6.81. The molecular formula is C12H17NaO3S. The number of hydrogen-bond acceptors (Lipinski definition) is 3. The van der Waals surface area contributed by atoms with Gasteiger partial charge in [0.2, 0.25) is 0 Å². The van der Waals surface area contributed by atoms with Gasteiger partial charge in [-0.15, -0.1) is 0 Å². The molecule has 0 radical (unpaired) electrons. The summed E-state index contributed by atoms with van der Waals surface area (Å²) in [6.07, 6.45) is 0.957. The van der Waals surface area contributed by atoms with Crippen LogP contribution in [0.5, 0.6) is 0 Å². The Morgan fingerprint density at radius 3 is 1.94 bits per heavy atom. The van der Waals surface area contributed by atoms with Crippen molar-refractivity contribution in [3.63, 3.8) is 0 Å². The second kappa shape index (κ2) is 6.90. The number of hydrogen-bond donors (Lipinski definition) is 0. The van der Waals surface area contributed by atoms with Gasteiger partial charge in [-0.1, -0.05) is 38.1 Å². The molecule has 0 bridgehead atoms. The van der Waals surface area contributed by atoms with Crippen molar-refractivity contribution in [2.75, 3.05) is 0 Å². The van der Waals surface area contributed by atoms with Crippen molar-refractivity contribution in [1.29, 1.82) is 0 Å². The van der Waals surface area contributed by atoms with Gasteiger partial charge in [0.15, 0.2) is 0 Å². The molecule has 0 aliphatic carbocycles. The van der Waals surface area contributed by atoms with Crippen molar-refractivity contribution in [2.24, 2.45) is 5.92 Å². The average molecular weight is 264 g/mol. The fourth-order valence-corrected chi connectivity index (χ4v) is 2.05. The second-order valence-corrected chi connectivity index (χ2v) is 6.17. The maximum absolute atomic E-state index is 10.8. The van der Waals surface area contributed by atoms with Crippen LogP contribution in [0.15, 0.2) is 24.3 Å². The van der Waals surface area contributed by atoms with Gasteiger partial charge in [-0.3, -0.25) is 0 Å². The summed E-state index contributed by atoms with van der Waals surface area (Å²) in [6, 6.07) is 7.21. The van der Waals surface area contributed by atoms with Gasteiger partial charge in [0, 0.05) is 0 Å².